The molecular formula is C32H29N7O2. The Morgan fingerprint density at radius 1 is 0.707 bits per heavy atom. The van der Waals surface area contributed by atoms with E-state index in [1.807, 2.05) is 88.7 Å². The quantitative estimate of drug-likeness (QED) is 0.318. The van der Waals surface area contributed by atoms with Gasteiger partial charge >= 0.3 is 0 Å². The van der Waals surface area contributed by atoms with Gasteiger partial charge in [0, 0.05) is 37.3 Å². The Morgan fingerprint density at radius 3 is 2.10 bits per heavy atom. The molecule has 9 heteroatoms. The van der Waals surface area contributed by atoms with Crippen LogP contribution in [0.4, 0.5) is 11.5 Å². The first-order valence-electron chi connectivity index (χ1n) is 13.9. The van der Waals surface area contributed by atoms with Crippen molar-refractivity contribution in [1.82, 2.24) is 29.7 Å². The summed E-state index contributed by atoms with van der Waals surface area (Å²) in [5.74, 6) is 1.10. The molecule has 0 aliphatic carbocycles. The van der Waals surface area contributed by atoms with Crippen molar-refractivity contribution in [1.29, 1.82) is 0 Å². The molecule has 41 heavy (non-hydrogen) atoms. The van der Waals surface area contributed by atoms with Gasteiger partial charge in [-0.2, -0.15) is 0 Å². The number of hydrogen-bond acceptors (Lipinski definition) is 6. The summed E-state index contributed by atoms with van der Waals surface area (Å²) in [7, 11) is 0. The maximum absolute atomic E-state index is 13.5. The minimum absolute atomic E-state index is 0.0800. The molecule has 3 aromatic heterocycles. The van der Waals surface area contributed by atoms with E-state index in [0.29, 0.717) is 54.9 Å². The fourth-order valence-electron chi connectivity index (χ4n) is 5.93. The van der Waals surface area contributed by atoms with Crippen LogP contribution in [0.25, 0.3) is 22.6 Å². The van der Waals surface area contributed by atoms with Crippen LogP contribution >= 0.6 is 0 Å². The molecule has 204 valence electrons. The molecule has 2 amide bonds. The van der Waals surface area contributed by atoms with Crippen molar-refractivity contribution in [2.24, 2.45) is 5.41 Å². The average molecular weight is 544 g/mol. The summed E-state index contributed by atoms with van der Waals surface area (Å²) in [6.45, 7) is 2.51. The van der Waals surface area contributed by atoms with Crippen molar-refractivity contribution >= 4 is 34.4 Å². The van der Waals surface area contributed by atoms with Gasteiger partial charge in [-0.15, -0.1) is 0 Å². The summed E-state index contributed by atoms with van der Waals surface area (Å²) in [4.78, 5) is 47.8. The second-order valence-corrected chi connectivity index (χ2v) is 10.9. The van der Waals surface area contributed by atoms with Crippen LogP contribution in [0.1, 0.15) is 33.8 Å². The van der Waals surface area contributed by atoms with E-state index in [4.69, 9.17) is 0 Å². The summed E-state index contributed by atoms with van der Waals surface area (Å²) in [6.07, 6.45) is 1.71. The van der Waals surface area contributed by atoms with Crippen LogP contribution in [-0.4, -0.2) is 67.7 Å². The normalized spacial score (nSPS) is 18.3. The van der Waals surface area contributed by atoms with Gasteiger partial charge in [0.25, 0.3) is 11.8 Å². The van der Waals surface area contributed by atoms with Crippen LogP contribution in [0.5, 0.6) is 0 Å². The molecule has 1 spiro atoms. The Labute approximate surface area is 237 Å². The van der Waals surface area contributed by atoms with Crippen molar-refractivity contribution < 1.29 is 9.59 Å². The number of imidazole rings is 1. The highest BCUT2D eigenvalue weighted by Crippen LogP contribution is 2.40. The Kier molecular flexibility index (Phi) is 6.19. The van der Waals surface area contributed by atoms with E-state index in [9.17, 15) is 9.59 Å². The lowest BCUT2D eigenvalue weighted by molar-refractivity contribution is 0.0749. The van der Waals surface area contributed by atoms with E-state index in [0.717, 1.165) is 29.6 Å². The zero-order valence-electron chi connectivity index (χ0n) is 22.5. The van der Waals surface area contributed by atoms with Gasteiger partial charge in [0.1, 0.15) is 22.9 Å². The average Bonchev–Trinajstić information content (AvgIpc) is 3.76. The fourth-order valence-corrected chi connectivity index (χ4v) is 5.93. The largest absolute Gasteiger partial charge is 0.340 e. The van der Waals surface area contributed by atoms with Crippen LogP contribution in [0.15, 0.2) is 91.0 Å². The smallest absolute Gasteiger partial charge is 0.272 e. The highest BCUT2D eigenvalue weighted by atomic mass is 16.2. The molecule has 1 atom stereocenters. The maximum atomic E-state index is 13.5. The molecule has 7 rings (SSSR count). The SMILES string of the molecule is O=C(c1cccc(Nc2ccccc2)n1)N1CCC2(CCN(C(=O)c3cccc(-c4nc5ccccc5[nH]4)n3)C2)C1. The van der Waals surface area contributed by atoms with Crippen molar-refractivity contribution in [2.75, 3.05) is 31.5 Å². The number of nitrogens with one attached hydrogen (secondary N) is 2. The number of H-pyrrole nitrogens is 1. The molecule has 2 aromatic carbocycles. The number of aromatic nitrogens is 4. The van der Waals surface area contributed by atoms with Crippen molar-refractivity contribution in [3.05, 3.63) is 102 Å². The summed E-state index contributed by atoms with van der Waals surface area (Å²) in [6, 6.07) is 28.5. The van der Waals surface area contributed by atoms with Gasteiger partial charge < -0.3 is 20.1 Å². The van der Waals surface area contributed by atoms with Gasteiger partial charge in [-0.25, -0.2) is 15.0 Å². The van der Waals surface area contributed by atoms with Crippen LogP contribution < -0.4 is 5.32 Å². The van der Waals surface area contributed by atoms with Gasteiger partial charge in [0.15, 0.2) is 5.82 Å². The minimum Gasteiger partial charge on any atom is -0.340 e. The number of fused-ring (bicyclic) bond motifs is 1. The number of para-hydroxylation sites is 3. The second kappa shape index (κ2) is 10.2. The molecule has 2 aliphatic rings. The molecule has 2 aliphatic heterocycles. The molecular weight excluding hydrogens is 514 g/mol. The number of pyridine rings is 2. The number of carbonyl (C=O) groups excluding carboxylic acids is 2. The summed E-state index contributed by atoms with van der Waals surface area (Å²) < 4.78 is 0. The first-order valence-corrected chi connectivity index (χ1v) is 13.9. The molecule has 0 saturated carbocycles. The summed E-state index contributed by atoms with van der Waals surface area (Å²) >= 11 is 0. The van der Waals surface area contributed by atoms with Gasteiger partial charge in [0.2, 0.25) is 0 Å². The lowest BCUT2D eigenvalue weighted by atomic mass is 9.86. The summed E-state index contributed by atoms with van der Waals surface area (Å²) in [5.41, 5.74) is 4.04. The molecule has 9 nitrogen and oxygen atoms in total. The third-order valence-corrected chi connectivity index (χ3v) is 8.07. The monoisotopic (exact) mass is 543 g/mol. The van der Waals surface area contributed by atoms with Gasteiger partial charge in [-0.05, 0) is 61.4 Å². The van der Waals surface area contributed by atoms with Crippen molar-refractivity contribution in [3.8, 4) is 11.5 Å². The molecule has 2 N–H and O–H groups in total. The Balaban J connectivity index is 1.02. The lowest BCUT2D eigenvalue weighted by Gasteiger charge is -2.24. The third-order valence-electron chi connectivity index (χ3n) is 8.07. The molecule has 1 unspecified atom stereocenters. The molecule has 5 aromatic rings. The number of anilines is 2. The Bertz CT molecular complexity index is 1720. The van der Waals surface area contributed by atoms with Crippen LogP contribution in [0.2, 0.25) is 0 Å². The van der Waals surface area contributed by atoms with Gasteiger partial charge in [0.05, 0.1) is 11.0 Å². The van der Waals surface area contributed by atoms with Crippen molar-refractivity contribution in [3.63, 3.8) is 0 Å². The molecule has 2 saturated heterocycles. The number of hydrogen-bond donors (Lipinski definition) is 2. The molecule has 2 fully saturated rings. The van der Waals surface area contributed by atoms with Crippen LogP contribution in [0, 0.1) is 5.41 Å². The first-order chi connectivity index (χ1) is 20.1. The first kappa shape index (κ1) is 25.0. The number of amides is 2. The van der Waals surface area contributed by atoms with E-state index in [-0.39, 0.29) is 17.2 Å². The zero-order valence-corrected chi connectivity index (χ0v) is 22.5. The lowest BCUT2D eigenvalue weighted by Crippen LogP contribution is -2.36. The van der Waals surface area contributed by atoms with Crippen LogP contribution in [0.3, 0.4) is 0 Å². The van der Waals surface area contributed by atoms with E-state index in [1.54, 1.807) is 12.1 Å². The van der Waals surface area contributed by atoms with E-state index < -0.39 is 0 Å². The highest BCUT2D eigenvalue weighted by Gasteiger charge is 2.46. The zero-order chi connectivity index (χ0) is 27.8. The number of rotatable bonds is 5. The van der Waals surface area contributed by atoms with E-state index in [2.05, 4.69) is 25.3 Å². The number of aromatic amines is 1. The number of carbonyl (C=O) groups is 2. The molecule has 0 radical (unpaired) electrons. The maximum Gasteiger partial charge on any atom is 0.272 e. The van der Waals surface area contributed by atoms with E-state index in [1.165, 1.54) is 0 Å². The second-order valence-electron chi connectivity index (χ2n) is 10.9. The van der Waals surface area contributed by atoms with Crippen molar-refractivity contribution in [2.45, 2.75) is 12.8 Å². The molecule has 5 heterocycles. The van der Waals surface area contributed by atoms with Gasteiger partial charge in [-0.3, -0.25) is 9.59 Å². The standard InChI is InChI=1S/C32H29N7O2/c40-30(26-13-6-12-25(34-26)29-36-23-10-4-5-11-24(23)37-29)38-18-16-32(20-38)17-19-39(21-32)31(41)27-14-7-15-28(35-27)33-22-8-2-1-3-9-22/h1-15H,16-21H2,(H,33,35)(H,36,37). The summed E-state index contributed by atoms with van der Waals surface area (Å²) in [5, 5.41) is 3.26. The van der Waals surface area contributed by atoms with Gasteiger partial charge in [-0.1, -0.05) is 42.5 Å². The minimum atomic E-state index is -0.110. The highest BCUT2D eigenvalue weighted by molar-refractivity contribution is 5.94. The van der Waals surface area contributed by atoms with Crippen LogP contribution in [-0.2, 0) is 0 Å². The number of likely N-dealkylation sites (tertiary alicyclic amines) is 2. The Hall–Kier alpha value is -5.05. The number of benzene rings is 2. The molecule has 0 bridgehead atoms. The topological polar surface area (TPSA) is 107 Å². The fraction of sp³-hybridized carbons (Fsp3) is 0.219. The predicted octanol–water partition coefficient (Wildman–Crippen LogP) is 5.14. The number of nitrogens with zero attached hydrogens (tertiary/aromatic N) is 5. The Morgan fingerprint density at radius 2 is 1.37 bits per heavy atom. The van der Waals surface area contributed by atoms with E-state index >= 15 is 0 Å². The third kappa shape index (κ3) is 4.91. The predicted molar refractivity (Wildman–Crippen MR) is 157 cm³/mol.